The predicted molar refractivity (Wildman–Crippen MR) is 153 cm³/mol. The fourth-order valence-corrected chi connectivity index (χ4v) is 6.66. The summed E-state index contributed by atoms with van der Waals surface area (Å²) in [7, 11) is -3.52. The maximum Gasteiger partial charge on any atom is 0.251 e. The highest BCUT2D eigenvalue weighted by Gasteiger charge is 2.31. The van der Waals surface area contributed by atoms with Gasteiger partial charge in [-0.25, -0.2) is 22.8 Å². The van der Waals surface area contributed by atoms with E-state index >= 15 is 0 Å². The Morgan fingerprint density at radius 2 is 1.98 bits per heavy atom. The number of aromatic nitrogens is 3. The van der Waals surface area contributed by atoms with Crippen molar-refractivity contribution < 1.29 is 22.3 Å². The van der Waals surface area contributed by atoms with Crippen LogP contribution in [0.25, 0.3) is 22.3 Å². The molecule has 1 amide bonds. The van der Waals surface area contributed by atoms with Crippen molar-refractivity contribution in [1.29, 1.82) is 0 Å². The number of hydrogen-bond donors (Lipinski definition) is 1. The van der Waals surface area contributed by atoms with Crippen LogP contribution in [0.5, 0.6) is 0 Å². The summed E-state index contributed by atoms with van der Waals surface area (Å²) in [4.78, 5) is 29.0. The quantitative estimate of drug-likeness (QED) is 0.376. The van der Waals surface area contributed by atoms with Crippen LogP contribution in [0.3, 0.4) is 0 Å². The number of anilines is 1. The molecule has 1 saturated heterocycles. The molecule has 1 N–H and O–H groups in total. The standard InChI is InChI=1S/C30H30FN5O4S/c1-30(31)10-3-11-36(19-30)28-5-2-4-24(35-28)25-9-8-21-16-32-23(15-26(21)34-25)17-33-29(37)20-6-7-22-18-40-12-13-41(38,39)27(22)14-20/h2,4-9,14-16H,3,10-13,17-19H2,1H3,(H,33,37)/t30-/m1/s1. The summed E-state index contributed by atoms with van der Waals surface area (Å²) in [6, 6.07) is 15.9. The molecule has 3 aromatic heterocycles. The normalized spacial score (nSPS) is 20.3. The molecule has 0 unspecified atom stereocenters. The van der Waals surface area contributed by atoms with Gasteiger partial charge in [0.1, 0.15) is 11.5 Å². The molecular weight excluding hydrogens is 545 g/mol. The summed E-state index contributed by atoms with van der Waals surface area (Å²) < 4.78 is 45.1. The summed E-state index contributed by atoms with van der Waals surface area (Å²) in [5, 5.41) is 3.66. The van der Waals surface area contributed by atoms with E-state index in [1.165, 1.54) is 6.07 Å². The smallest absolute Gasteiger partial charge is 0.251 e. The first kappa shape index (κ1) is 27.2. The number of fused-ring (bicyclic) bond motifs is 2. The second-order valence-electron chi connectivity index (χ2n) is 10.8. The van der Waals surface area contributed by atoms with Gasteiger partial charge in [-0.2, -0.15) is 0 Å². The third-order valence-electron chi connectivity index (χ3n) is 7.45. The number of alkyl halides is 1. The van der Waals surface area contributed by atoms with Gasteiger partial charge in [-0.1, -0.05) is 12.1 Å². The minimum atomic E-state index is -3.52. The number of hydrogen-bond acceptors (Lipinski definition) is 8. The average molecular weight is 576 g/mol. The number of halogens is 1. The van der Waals surface area contributed by atoms with Crippen LogP contribution in [0, 0.1) is 0 Å². The molecule has 2 aliphatic heterocycles. The van der Waals surface area contributed by atoms with Gasteiger partial charge in [0.2, 0.25) is 0 Å². The molecule has 41 heavy (non-hydrogen) atoms. The van der Waals surface area contributed by atoms with Gasteiger partial charge in [0, 0.05) is 23.7 Å². The second kappa shape index (κ2) is 10.8. The van der Waals surface area contributed by atoms with Gasteiger partial charge >= 0.3 is 0 Å². The van der Waals surface area contributed by atoms with E-state index in [-0.39, 0.29) is 36.0 Å². The van der Waals surface area contributed by atoms with E-state index in [2.05, 4.69) is 10.3 Å². The van der Waals surface area contributed by atoms with E-state index in [1.54, 1.807) is 31.3 Å². The van der Waals surface area contributed by atoms with E-state index < -0.39 is 21.4 Å². The lowest BCUT2D eigenvalue weighted by Crippen LogP contribution is -2.43. The zero-order valence-corrected chi connectivity index (χ0v) is 23.5. The van der Waals surface area contributed by atoms with Gasteiger partial charge < -0.3 is 15.0 Å². The largest absolute Gasteiger partial charge is 0.376 e. The topological polar surface area (TPSA) is 114 Å². The van der Waals surface area contributed by atoms with Crippen molar-refractivity contribution in [3.63, 3.8) is 0 Å². The highest BCUT2D eigenvalue weighted by molar-refractivity contribution is 7.91. The number of pyridine rings is 3. The number of amides is 1. The van der Waals surface area contributed by atoms with Crippen LogP contribution < -0.4 is 10.2 Å². The Morgan fingerprint density at radius 3 is 2.83 bits per heavy atom. The monoisotopic (exact) mass is 575 g/mol. The number of piperidine rings is 1. The minimum absolute atomic E-state index is 0.115. The molecular formula is C30H30FN5O4S. The third-order valence-corrected chi connectivity index (χ3v) is 9.20. The maximum atomic E-state index is 14.6. The SMILES string of the molecule is C[C@@]1(F)CCCN(c2cccc(-c3ccc4cnc(CNC(=O)c5ccc6c(c5)S(=O)(=O)CCOC6)cc4n3)n2)C1. The van der Waals surface area contributed by atoms with E-state index in [4.69, 9.17) is 14.7 Å². The Morgan fingerprint density at radius 1 is 1.12 bits per heavy atom. The minimum Gasteiger partial charge on any atom is -0.376 e. The van der Waals surface area contributed by atoms with Crippen LogP contribution in [0.2, 0.25) is 0 Å². The summed E-state index contributed by atoms with van der Waals surface area (Å²) in [6.07, 6.45) is 3.03. The number of carbonyl (C=O) groups is 1. The zero-order chi connectivity index (χ0) is 28.6. The Hall–Kier alpha value is -3.96. The van der Waals surface area contributed by atoms with Gasteiger partial charge in [0.25, 0.3) is 5.91 Å². The number of carbonyl (C=O) groups excluding carboxylic acids is 1. The fourth-order valence-electron chi connectivity index (χ4n) is 5.27. The van der Waals surface area contributed by atoms with E-state index in [9.17, 15) is 17.6 Å². The highest BCUT2D eigenvalue weighted by atomic mass is 32.2. The van der Waals surface area contributed by atoms with Gasteiger partial charge in [-0.15, -0.1) is 0 Å². The first-order valence-electron chi connectivity index (χ1n) is 13.6. The van der Waals surface area contributed by atoms with Gasteiger partial charge in [-0.05, 0) is 67.8 Å². The fraction of sp³-hybridized carbons (Fsp3) is 0.333. The molecule has 0 radical (unpaired) electrons. The molecule has 11 heteroatoms. The summed E-state index contributed by atoms with van der Waals surface area (Å²) in [5.74, 6) is 0.208. The van der Waals surface area contributed by atoms with Crippen molar-refractivity contribution in [3.05, 3.63) is 77.6 Å². The zero-order valence-electron chi connectivity index (χ0n) is 22.6. The molecule has 9 nitrogen and oxygen atoms in total. The van der Waals surface area contributed by atoms with Crippen molar-refractivity contribution in [2.24, 2.45) is 0 Å². The van der Waals surface area contributed by atoms with Crippen LogP contribution >= 0.6 is 0 Å². The van der Waals surface area contributed by atoms with Crippen LogP contribution in [-0.2, 0) is 27.7 Å². The van der Waals surface area contributed by atoms with E-state index in [1.807, 2.05) is 35.2 Å². The third kappa shape index (κ3) is 5.91. The summed E-state index contributed by atoms with van der Waals surface area (Å²) >= 11 is 0. The molecule has 1 fully saturated rings. The number of nitrogens with zero attached hydrogens (tertiary/aromatic N) is 4. The predicted octanol–water partition coefficient (Wildman–Crippen LogP) is 4.25. The van der Waals surface area contributed by atoms with E-state index in [0.717, 1.165) is 24.2 Å². The molecule has 0 aliphatic carbocycles. The average Bonchev–Trinajstić information content (AvgIpc) is 3.12. The molecule has 5 heterocycles. The Labute approximate surface area is 237 Å². The maximum absolute atomic E-state index is 14.6. The lowest BCUT2D eigenvalue weighted by molar-refractivity contribution is 0.0950. The van der Waals surface area contributed by atoms with Gasteiger partial charge in [0.05, 0.1) is 59.6 Å². The van der Waals surface area contributed by atoms with Crippen molar-refractivity contribution in [2.75, 3.05) is 30.3 Å². The van der Waals surface area contributed by atoms with Gasteiger partial charge in [-0.3, -0.25) is 9.78 Å². The molecule has 212 valence electrons. The lowest BCUT2D eigenvalue weighted by atomic mass is 9.97. The molecule has 1 aromatic carbocycles. The van der Waals surface area contributed by atoms with Crippen LogP contribution in [0.15, 0.2) is 65.7 Å². The molecule has 0 bridgehead atoms. The molecule has 4 aromatic rings. The molecule has 2 aliphatic rings. The second-order valence-corrected chi connectivity index (χ2v) is 12.8. The Bertz CT molecular complexity index is 1740. The number of nitrogens with one attached hydrogen (secondary N) is 1. The lowest BCUT2D eigenvalue weighted by Gasteiger charge is -2.36. The molecule has 1 atom stereocenters. The van der Waals surface area contributed by atoms with Crippen molar-refractivity contribution in [2.45, 2.75) is 43.5 Å². The Balaban J connectivity index is 1.19. The van der Waals surface area contributed by atoms with E-state index in [0.29, 0.717) is 41.1 Å². The first-order valence-corrected chi connectivity index (χ1v) is 15.2. The first-order chi connectivity index (χ1) is 19.7. The van der Waals surface area contributed by atoms with Crippen molar-refractivity contribution in [1.82, 2.24) is 20.3 Å². The summed E-state index contributed by atoms with van der Waals surface area (Å²) in [6.45, 7) is 3.17. The number of rotatable bonds is 5. The van der Waals surface area contributed by atoms with Crippen LogP contribution in [-0.4, -0.2) is 60.4 Å². The summed E-state index contributed by atoms with van der Waals surface area (Å²) in [5.41, 5.74) is 2.23. The number of ether oxygens (including phenoxy) is 1. The number of benzene rings is 1. The van der Waals surface area contributed by atoms with Gasteiger partial charge in [0.15, 0.2) is 9.84 Å². The molecule has 0 saturated carbocycles. The number of sulfone groups is 1. The molecule has 0 spiro atoms. The van der Waals surface area contributed by atoms with Crippen molar-refractivity contribution in [3.8, 4) is 11.4 Å². The van der Waals surface area contributed by atoms with Crippen molar-refractivity contribution >= 4 is 32.5 Å². The Kier molecular flexibility index (Phi) is 7.16. The van der Waals surface area contributed by atoms with Crippen LogP contribution in [0.1, 0.15) is 41.4 Å². The van der Waals surface area contributed by atoms with Crippen LogP contribution in [0.4, 0.5) is 10.2 Å². The highest BCUT2D eigenvalue weighted by Crippen LogP contribution is 2.29. The molecule has 6 rings (SSSR count).